The maximum absolute atomic E-state index is 12.1. The van der Waals surface area contributed by atoms with Crippen molar-refractivity contribution in [2.45, 2.75) is 19.1 Å². The number of amides is 1. The molecule has 1 saturated heterocycles. The molecule has 2 aliphatic rings. The van der Waals surface area contributed by atoms with E-state index in [0.29, 0.717) is 11.3 Å². The van der Waals surface area contributed by atoms with E-state index in [2.05, 4.69) is 45.4 Å². The number of para-hydroxylation sites is 2. The zero-order valence-corrected chi connectivity index (χ0v) is 14.9. The molecule has 1 amide bonds. The van der Waals surface area contributed by atoms with Gasteiger partial charge in [-0.1, -0.05) is 30.3 Å². The maximum Gasteiger partial charge on any atom is 0.257 e. The van der Waals surface area contributed by atoms with Gasteiger partial charge in [-0.15, -0.1) is 0 Å². The summed E-state index contributed by atoms with van der Waals surface area (Å²) < 4.78 is 5.91. The van der Waals surface area contributed by atoms with Gasteiger partial charge in [0.25, 0.3) is 5.91 Å². The smallest absolute Gasteiger partial charge is 0.257 e. The van der Waals surface area contributed by atoms with Crippen molar-refractivity contribution in [1.29, 1.82) is 0 Å². The molecule has 0 aromatic heterocycles. The van der Waals surface area contributed by atoms with E-state index in [1.54, 1.807) is 6.07 Å². The second-order valence-electron chi connectivity index (χ2n) is 6.88. The molecule has 1 fully saturated rings. The predicted molar refractivity (Wildman–Crippen MR) is 103 cm³/mol. The van der Waals surface area contributed by atoms with Crippen LogP contribution in [0.2, 0.25) is 0 Å². The summed E-state index contributed by atoms with van der Waals surface area (Å²) in [5.41, 5.74) is 1.94. The minimum Gasteiger partial charge on any atom is -0.470 e. The van der Waals surface area contributed by atoms with Crippen molar-refractivity contribution in [3.8, 4) is 5.75 Å². The Kier molecular flexibility index (Phi) is 5.07. The lowest BCUT2D eigenvalue weighted by Crippen LogP contribution is -2.47. The normalized spacial score (nSPS) is 20.2. The molecule has 2 heterocycles. The zero-order chi connectivity index (χ0) is 17.8. The summed E-state index contributed by atoms with van der Waals surface area (Å²) in [7, 11) is 0. The average Bonchev–Trinajstić information content (AvgIpc) is 2.69. The number of benzene rings is 2. The zero-order valence-electron chi connectivity index (χ0n) is 14.9. The van der Waals surface area contributed by atoms with Crippen LogP contribution >= 0.6 is 0 Å². The topological polar surface area (TPSA) is 44.8 Å². The minimum absolute atomic E-state index is 0.0340. The van der Waals surface area contributed by atoms with Crippen molar-refractivity contribution >= 4 is 11.6 Å². The molecule has 0 radical (unpaired) electrons. The fourth-order valence-corrected chi connectivity index (χ4v) is 3.66. The number of hydrogen-bond donors (Lipinski definition) is 1. The SMILES string of the molecule is O=C1NC(CCCN2CCN(c3ccccc3)CC2)Oc2ccccc21. The standard InChI is InChI=1S/C21H25N3O2/c25-21-18-9-4-5-10-19(18)26-20(22-21)11-6-12-23-13-15-24(16-14-23)17-7-2-1-3-8-17/h1-5,7-10,20H,6,11-16H2,(H,22,25). The number of anilines is 1. The number of rotatable bonds is 5. The van der Waals surface area contributed by atoms with E-state index in [4.69, 9.17) is 4.74 Å². The molecule has 2 aliphatic heterocycles. The minimum atomic E-state index is -0.219. The van der Waals surface area contributed by atoms with Gasteiger partial charge < -0.3 is 15.0 Å². The third-order valence-electron chi connectivity index (χ3n) is 5.13. The highest BCUT2D eigenvalue weighted by Gasteiger charge is 2.25. The van der Waals surface area contributed by atoms with Crippen molar-refractivity contribution in [2.24, 2.45) is 0 Å². The van der Waals surface area contributed by atoms with Crippen LogP contribution in [0.3, 0.4) is 0 Å². The van der Waals surface area contributed by atoms with Crippen LogP contribution in [0.25, 0.3) is 0 Å². The van der Waals surface area contributed by atoms with Crippen LogP contribution in [-0.4, -0.2) is 49.8 Å². The van der Waals surface area contributed by atoms with E-state index >= 15 is 0 Å². The molecular formula is C21H25N3O2. The Morgan fingerprint density at radius 3 is 2.50 bits per heavy atom. The second-order valence-corrected chi connectivity index (χ2v) is 6.88. The highest BCUT2D eigenvalue weighted by atomic mass is 16.5. The third-order valence-corrected chi connectivity index (χ3v) is 5.13. The van der Waals surface area contributed by atoms with Crippen LogP contribution in [0, 0.1) is 0 Å². The Morgan fingerprint density at radius 1 is 0.962 bits per heavy atom. The van der Waals surface area contributed by atoms with Crippen molar-refractivity contribution in [2.75, 3.05) is 37.6 Å². The van der Waals surface area contributed by atoms with Gasteiger partial charge >= 0.3 is 0 Å². The Hall–Kier alpha value is -2.53. The first-order chi connectivity index (χ1) is 12.8. The molecule has 4 rings (SSSR count). The fourth-order valence-electron chi connectivity index (χ4n) is 3.66. The van der Waals surface area contributed by atoms with E-state index in [9.17, 15) is 4.79 Å². The average molecular weight is 351 g/mol. The lowest BCUT2D eigenvalue weighted by Gasteiger charge is -2.36. The quantitative estimate of drug-likeness (QED) is 0.900. The van der Waals surface area contributed by atoms with Crippen LogP contribution < -0.4 is 15.0 Å². The summed E-state index contributed by atoms with van der Waals surface area (Å²) in [4.78, 5) is 17.1. The highest BCUT2D eigenvalue weighted by molar-refractivity contribution is 5.97. The summed E-state index contributed by atoms with van der Waals surface area (Å²) in [6.45, 7) is 5.33. The molecule has 136 valence electrons. The van der Waals surface area contributed by atoms with Gasteiger partial charge in [-0.2, -0.15) is 0 Å². The van der Waals surface area contributed by atoms with E-state index < -0.39 is 0 Å². The Balaban J connectivity index is 1.21. The molecule has 5 nitrogen and oxygen atoms in total. The van der Waals surface area contributed by atoms with Gasteiger partial charge in [0, 0.05) is 38.3 Å². The van der Waals surface area contributed by atoms with Crippen LogP contribution in [0.1, 0.15) is 23.2 Å². The van der Waals surface area contributed by atoms with E-state index in [0.717, 1.165) is 45.6 Å². The fraction of sp³-hybridized carbons (Fsp3) is 0.381. The highest BCUT2D eigenvalue weighted by Crippen LogP contribution is 2.24. The molecule has 1 N–H and O–H groups in total. The third kappa shape index (κ3) is 3.83. The Bertz CT molecular complexity index is 742. The van der Waals surface area contributed by atoms with E-state index in [-0.39, 0.29) is 12.1 Å². The summed E-state index contributed by atoms with van der Waals surface area (Å²) in [5.74, 6) is 0.658. The largest absolute Gasteiger partial charge is 0.470 e. The molecule has 0 aliphatic carbocycles. The monoisotopic (exact) mass is 351 g/mol. The first-order valence-corrected chi connectivity index (χ1v) is 9.38. The molecule has 0 bridgehead atoms. The van der Waals surface area contributed by atoms with Gasteiger partial charge in [-0.05, 0) is 37.2 Å². The van der Waals surface area contributed by atoms with Gasteiger partial charge in [0.2, 0.25) is 0 Å². The molecule has 1 unspecified atom stereocenters. The van der Waals surface area contributed by atoms with Gasteiger partial charge in [0.1, 0.15) is 5.75 Å². The molecule has 1 atom stereocenters. The maximum atomic E-state index is 12.1. The van der Waals surface area contributed by atoms with E-state index in [1.807, 2.05) is 18.2 Å². The van der Waals surface area contributed by atoms with Gasteiger partial charge in [-0.25, -0.2) is 0 Å². The molecular weight excluding hydrogens is 326 g/mol. The predicted octanol–water partition coefficient (Wildman–Crippen LogP) is 2.74. The molecule has 0 spiro atoms. The first-order valence-electron chi connectivity index (χ1n) is 9.38. The number of carbonyl (C=O) groups is 1. The van der Waals surface area contributed by atoms with Crippen molar-refractivity contribution < 1.29 is 9.53 Å². The van der Waals surface area contributed by atoms with Crippen molar-refractivity contribution in [3.63, 3.8) is 0 Å². The van der Waals surface area contributed by atoms with Crippen LogP contribution in [0.5, 0.6) is 5.75 Å². The molecule has 2 aromatic carbocycles. The lowest BCUT2D eigenvalue weighted by molar-refractivity contribution is 0.0727. The number of carbonyl (C=O) groups excluding carboxylic acids is 1. The number of nitrogens with one attached hydrogen (secondary N) is 1. The van der Waals surface area contributed by atoms with Gasteiger partial charge in [0.05, 0.1) is 5.56 Å². The number of fused-ring (bicyclic) bond motifs is 1. The number of nitrogens with zero attached hydrogens (tertiary/aromatic N) is 2. The summed E-state index contributed by atoms with van der Waals surface area (Å²) >= 11 is 0. The van der Waals surface area contributed by atoms with Crippen molar-refractivity contribution in [3.05, 3.63) is 60.2 Å². The molecule has 2 aromatic rings. The Labute approximate surface area is 154 Å². The van der Waals surface area contributed by atoms with Crippen LogP contribution in [0.15, 0.2) is 54.6 Å². The molecule has 5 heteroatoms. The number of ether oxygens (including phenoxy) is 1. The molecule has 26 heavy (non-hydrogen) atoms. The Morgan fingerprint density at radius 2 is 1.69 bits per heavy atom. The first kappa shape index (κ1) is 16.9. The van der Waals surface area contributed by atoms with Crippen LogP contribution in [-0.2, 0) is 0 Å². The van der Waals surface area contributed by atoms with Gasteiger partial charge in [-0.3, -0.25) is 9.69 Å². The number of piperazine rings is 1. The second kappa shape index (κ2) is 7.79. The van der Waals surface area contributed by atoms with E-state index in [1.165, 1.54) is 5.69 Å². The summed E-state index contributed by atoms with van der Waals surface area (Å²) in [5, 5.41) is 2.95. The molecule has 0 saturated carbocycles. The summed E-state index contributed by atoms with van der Waals surface area (Å²) in [6, 6.07) is 18.0. The van der Waals surface area contributed by atoms with Gasteiger partial charge in [0.15, 0.2) is 6.23 Å². The van der Waals surface area contributed by atoms with Crippen LogP contribution in [0.4, 0.5) is 5.69 Å². The lowest BCUT2D eigenvalue weighted by atomic mass is 10.1. The number of hydrogen-bond acceptors (Lipinski definition) is 4. The summed E-state index contributed by atoms with van der Waals surface area (Å²) in [6.07, 6.45) is 1.63. The van der Waals surface area contributed by atoms with Crippen molar-refractivity contribution in [1.82, 2.24) is 10.2 Å².